The molecule has 0 spiro atoms. The summed E-state index contributed by atoms with van der Waals surface area (Å²) in [4.78, 5) is 27.1. The van der Waals surface area contributed by atoms with Gasteiger partial charge in [-0.15, -0.1) is 0 Å². The summed E-state index contributed by atoms with van der Waals surface area (Å²) in [7, 11) is 0.803. The van der Waals surface area contributed by atoms with E-state index in [1.54, 1.807) is 12.0 Å². The van der Waals surface area contributed by atoms with Crippen molar-refractivity contribution >= 4 is 21.8 Å². The molecule has 1 aliphatic carbocycles. The molecule has 2 amide bonds. The van der Waals surface area contributed by atoms with Gasteiger partial charge in [0.05, 0.1) is 18.6 Å². The van der Waals surface area contributed by atoms with E-state index in [0.29, 0.717) is 6.54 Å². The van der Waals surface area contributed by atoms with E-state index in [1.165, 1.54) is 38.4 Å². The Bertz CT molecular complexity index is 1050. The molecule has 166 valence electrons. The molecule has 0 saturated heterocycles. The number of carbonyl (C=O) groups is 2. The number of benzene rings is 2. The lowest BCUT2D eigenvalue weighted by Crippen LogP contribution is -2.41. The van der Waals surface area contributed by atoms with Gasteiger partial charge in [-0.05, 0) is 48.7 Å². The second kappa shape index (κ2) is 9.49. The zero-order valence-electron chi connectivity index (χ0n) is 17.9. The van der Waals surface area contributed by atoms with Crippen molar-refractivity contribution in [3.8, 4) is 5.75 Å². The molecule has 1 aliphatic rings. The molecule has 0 atom stereocenters. The van der Waals surface area contributed by atoms with Gasteiger partial charge in [-0.1, -0.05) is 18.2 Å². The summed E-state index contributed by atoms with van der Waals surface area (Å²) in [5.41, 5.74) is 1.16. The monoisotopic (exact) mass is 445 g/mol. The third-order valence-electron chi connectivity index (χ3n) is 5.09. The lowest BCUT2D eigenvalue weighted by Gasteiger charge is -2.23. The molecule has 2 aromatic rings. The fraction of sp³-hybridized carbons (Fsp3) is 0.364. The molecule has 1 fully saturated rings. The lowest BCUT2D eigenvalue weighted by molar-refractivity contribution is -0.131. The summed E-state index contributed by atoms with van der Waals surface area (Å²) < 4.78 is 30.8. The summed E-state index contributed by atoms with van der Waals surface area (Å²) in [6.07, 6.45) is 1.89. The van der Waals surface area contributed by atoms with Gasteiger partial charge in [-0.3, -0.25) is 9.59 Å². The van der Waals surface area contributed by atoms with Gasteiger partial charge in [0.25, 0.3) is 5.91 Å². The van der Waals surface area contributed by atoms with Gasteiger partial charge in [-0.2, -0.15) is 0 Å². The SMILES string of the molecule is COc1ccc(CN(C(=O)CNC(=O)c2cccc(S(=O)(=O)N(C)C)c2)C2CC2)cc1. The average molecular weight is 446 g/mol. The van der Waals surface area contributed by atoms with Crippen molar-refractivity contribution in [2.45, 2.75) is 30.3 Å². The standard InChI is InChI=1S/C22H27N3O5S/c1-24(2)31(28,29)20-6-4-5-17(13-20)22(27)23-14-21(26)25(18-9-10-18)15-16-7-11-19(30-3)12-8-16/h4-8,11-13,18H,9-10,14-15H2,1-3H3,(H,23,27). The number of hydrogen-bond donors (Lipinski definition) is 1. The fourth-order valence-electron chi connectivity index (χ4n) is 3.10. The number of nitrogens with zero attached hydrogens (tertiary/aromatic N) is 2. The van der Waals surface area contributed by atoms with Gasteiger partial charge in [0.1, 0.15) is 5.75 Å². The van der Waals surface area contributed by atoms with Crippen LogP contribution in [0.5, 0.6) is 5.75 Å². The molecular formula is C22H27N3O5S. The van der Waals surface area contributed by atoms with Crippen LogP contribution in [0.1, 0.15) is 28.8 Å². The molecule has 31 heavy (non-hydrogen) atoms. The first kappa shape index (κ1) is 22.8. The molecule has 1 N–H and O–H groups in total. The zero-order chi connectivity index (χ0) is 22.6. The predicted octanol–water partition coefficient (Wildman–Crippen LogP) is 1.87. The van der Waals surface area contributed by atoms with Crippen molar-refractivity contribution in [2.75, 3.05) is 27.7 Å². The summed E-state index contributed by atoms with van der Waals surface area (Å²) in [6.45, 7) is 0.302. The van der Waals surface area contributed by atoms with Crippen molar-refractivity contribution in [3.05, 3.63) is 59.7 Å². The Morgan fingerprint density at radius 2 is 1.77 bits per heavy atom. The second-order valence-corrected chi connectivity index (χ2v) is 9.75. The van der Waals surface area contributed by atoms with Gasteiger partial charge >= 0.3 is 0 Å². The molecule has 2 aromatic carbocycles. The van der Waals surface area contributed by atoms with E-state index in [2.05, 4.69) is 5.32 Å². The normalized spacial score (nSPS) is 13.7. The number of hydrogen-bond acceptors (Lipinski definition) is 5. The van der Waals surface area contributed by atoms with Crippen LogP contribution in [0.2, 0.25) is 0 Å². The fourth-order valence-corrected chi connectivity index (χ4v) is 4.05. The van der Waals surface area contributed by atoms with Crippen molar-refractivity contribution < 1.29 is 22.7 Å². The highest BCUT2D eigenvalue weighted by molar-refractivity contribution is 7.89. The first-order valence-electron chi connectivity index (χ1n) is 9.95. The van der Waals surface area contributed by atoms with Crippen LogP contribution >= 0.6 is 0 Å². The Labute approximate surface area is 182 Å². The van der Waals surface area contributed by atoms with Crippen molar-refractivity contribution in [2.24, 2.45) is 0 Å². The number of rotatable bonds is 9. The number of amides is 2. The van der Waals surface area contributed by atoms with Gasteiger partial charge in [0.2, 0.25) is 15.9 Å². The van der Waals surface area contributed by atoms with Crippen LogP contribution in [-0.4, -0.2) is 63.2 Å². The maximum absolute atomic E-state index is 12.8. The summed E-state index contributed by atoms with van der Waals surface area (Å²) >= 11 is 0. The first-order valence-corrected chi connectivity index (χ1v) is 11.4. The van der Waals surface area contributed by atoms with Crippen LogP contribution in [0.3, 0.4) is 0 Å². The van der Waals surface area contributed by atoms with Crippen LogP contribution in [0.15, 0.2) is 53.4 Å². The van der Waals surface area contributed by atoms with E-state index in [1.807, 2.05) is 24.3 Å². The number of ether oxygens (including phenoxy) is 1. The molecule has 9 heteroatoms. The third-order valence-corrected chi connectivity index (χ3v) is 6.91. The number of sulfonamides is 1. The maximum Gasteiger partial charge on any atom is 0.251 e. The van der Waals surface area contributed by atoms with E-state index < -0.39 is 15.9 Å². The Balaban J connectivity index is 1.64. The average Bonchev–Trinajstić information content (AvgIpc) is 3.61. The molecular weight excluding hydrogens is 418 g/mol. The van der Waals surface area contributed by atoms with E-state index in [-0.39, 0.29) is 29.0 Å². The highest BCUT2D eigenvalue weighted by atomic mass is 32.2. The Kier molecular flexibility index (Phi) is 6.97. The first-order chi connectivity index (χ1) is 14.7. The maximum atomic E-state index is 12.8. The van der Waals surface area contributed by atoms with Crippen LogP contribution < -0.4 is 10.1 Å². The van der Waals surface area contributed by atoms with Gasteiger partial charge < -0.3 is 15.0 Å². The summed E-state index contributed by atoms with van der Waals surface area (Å²) in [6, 6.07) is 13.5. The molecule has 0 unspecified atom stereocenters. The highest BCUT2D eigenvalue weighted by Gasteiger charge is 2.32. The number of methoxy groups -OCH3 is 1. The predicted molar refractivity (Wildman–Crippen MR) is 116 cm³/mol. The molecule has 0 heterocycles. The van der Waals surface area contributed by atoms with Gasteiger partial charge in [0, 0.05) is 32.2 Å². The summed E-state index contributed by atoms with van der Waals surface area (Å²) in [5, 5.41) is 2.62. The Morgan fingerprint density at radius 1 is 1.10 bits per heavy atom. The minimum atomic E-state index is -3.65. The van der Waals surface area contributed by atoms with Crippen LogP contribution in [0, 0.1) is 0 Å². The van der Waals surface area contributed by atoms with Crippen LogP contribution in [-0.2, 0) is 21.4 Å². The van der Waals surface area contributed by atoms with Crippen LogP contribution in [0.4, 0.5) is 0 Å². The van der Waals surface area contributed by atoms with E-state index in [9.17, 15) is 18.0 Å². The molecule has 8 nitrogen and oxygen atoms in total. The molecule has 1 saturated carbocycles. The largest absolute Gasteiger partial charge is 0.497 e. The zero-order valence-corrected chi connectivity index (χ0v) is 18.7. The number of carbonyl (C=O) groups excluding carboxylic acids is 2. The van der Waals surface area contributed by atoms with Crippen LogP contribution in [0.25, 0.3) is 0 Å². The second-order valence-electron chi connectivity index (χ2n) is 7.60. The molecule has 0 aliphatic heterocycles. The molecule has 3 rings (SSSR count). The quantitative estimate of drug-likeness (QED) is 0.636. The van der Waals surface area contributed by atoms with Crippen molar-refractivity contribution in [1.29, 1.82) is 0 Å². The highest BCUT2D eigenvalue weighted by Crippen LogP contribution is 2.28. The number of nitrogens with one attached hydrogen (secondary N) is 1. The third kappa shape index (κ3) is 5.62. The van der Waals surface area contributed by atoms with Crippen molar-refractivity contribution in [1.82, 2.24) is 14.5 Å². The summed E-state index contributed by atoms with van der Waals surface area (Å²) in [5.74, 6) is 0.0758. The minimum Gasteiger partial charge on any atom is -0.497 e. The van der Waals surface area contributed by atoms with E-state index in [0.717, 1.165) is 28.5 Å². The van der Waals surface area contributed by atoms with Gasteiger partial charge in [0.15, 0.2) is 0 Å². The van der Waals surface area contributed by atoms with E-state index in [4.69, 9.17) is 4.74 Å². The Hall–Kier alpha value is -2.91. The molecule has 0 bridgehead atoms. The Morgan fingerprint density at radius 3 is 2.35 bits per heavy atom. The lowest BCUT2D eigenvalue weighted by atomic mass is 10.2. The van der Waals surface area contributed by atoms with Crippen molar-refractivity contribution in [3.63, 3.8) is 0 Å². The van der Waals surface area contributed by atoms with Gasteiger partial charge in [-0.25, -0.2) is 12.7 Å². The minimum absolute atomic E-state index is 0.0237. The smallest absolute Gasteiger partial charge is 0.251 e. The molecule has 0 radical (unpaired) electrons. The molecule has 0 aromatic heterocycles. The van der Waals surface area contributed by atoms with E-state index >= 15 is 0 Å². The topological polar surface area (TPSA) is 96.0 Å².